The van der Waals surface area contributed by atoms with Crippen molar-refractivity contribution in [3.05, 3.63) is 54.3 Å². The molecule has 0 radical (unpaired) electrons. The Morgan fingerprint density at radius 3 is 2.23 bits per heavy atom. The maximum atomic E-state index is 14.3. The summed E-state index contributed by atoms with van der Waals surface area (Å²) >= 11 is 0. The van der Waals surface area contributed by atoms with Crippen LogP contribution in [0.4, 0.5) is 21.5 Å². The zero-order chi connectivity index (χ0) is 22.6. The Morgan fingerprint density at radius 2 is 1.65 bits per heavy atom. The predicted octanol–water partition coefficient (Wildman–Crippen LogP) is 1.83. The van der Waals surface area contributed by atoms with E-state index in [2.05, 4.69) is 22.2 Å². The molecule has 2 aromatic carbocycles. The SMILES string of the molecule is CN1CCN(c2ccc(NC(=O)CN(c3ccccc3F)S(=O)(=O)N(C)C)cc2)CC1. The van der Waals surface area contributed by atoms with E-state index in [1.165, 1.54) is 32.3 Å². The van der Waals surface area contributed by atoms with Gasteiger partial charge in [0.1, 0.15) is 12.4 Å². The van der Waals surface area contributed by atoms with Crippen LogP contribution in [0.1, 0.15) is 0 Å². The first-order chi connectivity index (χ1) is 14.7. The van der Waals surface area contributed by atoms with Crippen LogP contribution >= 0.6 is 0 Å². The van der Waals surface area contributed by atoms with Crippen LogP contribution in [0.3, 0.4) is 0 Å². The molecular weight excluding hydrogens is 421 g/mol. The number of nitrogens with zero attached hydrogens (tertiary/aromatic N) is 4. The summed E-state index contributed by atoms with van der Waals surface area (Å²) in [7, 11) is 0.685. The summed E-state index contributed by atoms with van der Waals surface area (Å²) in [6.07, 6.45) is 0. The van der Waals surface area contributed by atoms with Crippen molar-refractivity contribution in [1.29, 1.82) is 0 Å². The first-order valence-corrected chi connectivity index (χ1v) is 11.4. The first kappa shape index (κ1) is 23.0. The summed E-state index contributed by atoms with van der Waals surface area (Å²) in [5.41, 5.74) is 1.42. The number of nitrogens with one attached hydrogen (secondary N) is 1. The van der Waals surface area contributed by atoms with Crippen LogP contribution in [-0.2, 0) is 15.0 Å². The van der Waals surface area contributed by atoms with Crippen molar-refractivity contribution in [3.63, 3.8) is 0 Å². The van der Waals surface area contributed by atoms with Gasteiger partial charge in [-0.3, -0.25) is 4.79 Å². The maximum Gasteiger partial charge on any atom is 0.304 e. The van der Waals surface area contributed by atoms with Gasteiger partial charge in [0.25, 0.3) is 0 Å². The monoisotopic (exact) mass is 449 g/mol. The minimum Gasteiger partial charge on any atom is -0.369 e. The van der Waals surface area contributed by atoms with E-state index in [4.69, 9.17) is 0 Å². The number of halogens is 1. The van der Waals surface area contributed by atoms with Crippen LogP contribution in [0.25, 0.3) is 0 Å². The number of benzene rings is 2. The molecule has 0 saturated carbocycles. The quantitative estimate of drug-likeness (QED) is 0.698. The van der Waals surface area contributed by atoms with Gasteiger partial charge in [-0.25, -0.2) is 8.70 Å². The Morgan fingerprint density at radius 1 is 1.03 bits per heavy atom. The largest absolute Gasteiger partial charge is 0.369 e. The van der Waals surface area contributed by atoms with Gasteiger partial charge in [0.2, 0.25) is 5.91 Å². The molecule has 3 rings (SSSR count). The Hall–Kier alpha value is -2.69. The molecule has 0 unspecified atom stereocenters. The lowest BCUT2D eigenvalue weighted by Gasteiger charge is -2.34. The molecule has 1 aliphatic heterocycles. The second-order valence-corrected chi connectivity index (χ2v) is 9.70. The van der Waals surface area contributed by atoms with Crippen LogP contribution in [0.15, 0.2) is 48.5 Å². The van der Waals surface area contributed by atoms with Crippen molar-refractivity contribution in [1.82, 2.24) is 9.21 Å². The summed E-state index contributed by atoms with van der Waals surface area (Å²) in [5.74, 6) is -1.29. The molecular formula is C21H28FN5O3S. The van der Waals surface area contributed by atoms with Gasteiger partial charge < -0.3 is 15.1 Å². The zero-order valence-corrected chi connectivity index (χ0v) is 18.8. The second kappa shape index (κ2) is 9.63. The van der Waals surface area contributed by atoms with Crippen LogP contribution in [0.2, 0.25) is 0 Å². The van der Waals surface area contributed by atoms with E-state index in [0.29, 0.717) is 5.69 Å². The molecule has 168 valence electrons. The number of carbonyl (C=O) groups excluding carboxylic acids is 1. The number of hydrogen-bond acceptors (Lipinski definition) is 5. The van der Waals surface area contributed by atoms with Gasteiger partial charge in [-0.1, -0.05) is 12.1 Å². The van der Waals surface area contributed by atoms with E-state index in [1.54, 1.807) is 12.1 Å². The van der Waals surface area contributed by atoms with Crippen molar-refractivity contribution in [3.8, 4) is 0 Å². The average Bonchev–Trinajstić information content (AvgIpc) is 2.73. The summed E-state index contributed by atoms with van der Waals surface area (Å²) in [6.45, 7) is 3.29. The number of piperazine rings is 1. The second-order valence-electron chi connectivity index (χ2n) is 7.63. The normalized spacial score (nSPS) is 15.2. The summed E-state index contributed by atoms with van der Waals surface area (Å²) in [5, 5.41) is 2.70. The average molecular weight is 450 g/mol. The Bertz CT molecular complexity index is 1010. The number of amides is 1. The zero-order valence-electron chi connectivity index (χ0n) is 18.0. The van der Waals surface area contributed by atoms with Gasteiger partial charge >= 0.3 is 10.2 Å². The minimum absolute atomic E-state index is 0.184. The number of rotatable bonds is 7. The van der Waals surface area contributed by atoms with Gasteiger partial charge in [-0.2, -0.15) is 12.7 Å². The number of carbonyl (C=O) groups is 1. The highest BCUT2D eigenvalue weighted by Gasteiger charge is 2.29. The molecule has 0 spiro atoms. The van der Waals surface area contributed by atoms with Crippen LogP contribution in [-0.4, -0.2) is 77.4 Å². The molecule has 8 nitrogen and oxygen atoms in total. The lowest BCUT2D eigenvalue weighted by Crippen LogP contribution is -2.44. The maximum absolute atomic E-state index is 14.3. The molecule has 1 N–H and O–H groups in total. The molecule has 0 aromatic heterocycles. The molecule has 10 heteroatoms. The summed E-state index contributed by atoms with van der Waals surface area (Å²) < 4.78 is 41.4. The van der Waals surface area contributed by atoms with Crippen LogP contribution < -0.4 is 14.5 Å². The van der Waals surface area contributed by atoms with E-state index in [9.17, 15) is 17.6 Å². The molecule has 0 bridgehead atoms. The fourth-order valence-corrected chi connectivity index (χ4v) is 4.36. The van der Waals surface area contributed by atoms with Crippen molar-refractivity contribution in [2.45, 2.75) is 0 Å². The lowest BCUT2D eigenvalue weighted by atomic mass is 10.2. The van der Waals surface area contributed by atoms with E-state index in [1.807, 2.05) is 12.1 Å². The van der Waals surface area contributed by atoms with Crippen LogP contribution in [0, 0.1) is 5.82 Å². The fraction of sp³-hybridized carbons (Fsp3) is 0.381. The number of hydrogen-bond donors (Lipinski definition) is 1. The topological polar surface area (TPSA) is 76.2 Å². The van der Waals surface area contributed by atoms with Gasteiger partial charge in [0, 0.05) is 51.6 Å². The summed E-state index contributed by atoms with van der Waals surface area (Å²) in [6, 6.07) is 12.9. The van der Waals surface area contributed by atoms with Crippen LogP contribution in [0.5, 0.6) is 0 Å². The number of likely N-dealkylation sites (N-methyl/N-ethyl adjacent to an activating group) is 1. The van der Waals surface area contributed by atoms with E-state index in [-0.39, 0.29) is 5.69 Å². The third kappa shape index (κ3) is 5.52. The van der Waals surface area contributed by atoms with Gasteiger partial charge in [0.05, 0.1) is 5.69 Å². The number of para-hydroxylation sites is 1. The molecule has 1 heterocycles. The van der Waals surface area contributed by atoms with Gasteiger partial charge in [-0.05, 0) is 43.4 Å². The van der Waals surface area contributed by atoms with E-state index >= 15 is 0 Å². The predicted molar refractivity (Wildman–Crippen MR) is 121 cm³/mol. The minimum atomic E-state index is -4.07. The van der Waals surface area contributed by atoms with Gasteiger partial charge in [-0.15, -0.1) is 0 Å². The number of anilines is 3. The highest BCUT2D eigenvalue weighted by molar-refractivity contribution is 7.90. The lowest BCUT2D eigenvalue weighted by molar-refractivity contribution is -0.114. The molecule has 31 heavy (non-hydrogen) atoms. The molecule has 0 aliphatic carbocycles. The van der Waals surface area contributed by atoms with Crippen molar-refractivity contribution >= 4 is 33.2 Å². The third-order valence-corrected chi connectivity index (χ3v) is 6.97. The molecule has 0 atom stereocenters. The Labute approximate surface area is 183 Å². The van der Waals surface area contributed by atoms with E-state index in [0.717, 1.165) is 46.5 Å². The molecule has 1 amide bonds. The highest BCUT2D eigenvalue weighted by atomic mass is 32.2. The summed E-state index contributed by atoms with van der Waals surface area (Å²) in [4.78, 5) is 17.2. The van der Waals surface area contributed by atoms with Crippen molar-refractivity contribution < 1.29 is 17.6 Å². The van der Waals surface area contributed by atoms with Gasteiger partial charge in [0.15, 0.2) is 0 Å². The fourth-order valence-electron chi connectivity index (χ4n) is 3.29. The van der Waals surface area contributed by atoms with E-state index < -0.39 is 28.5 Å². The Balaban J connectivity index is 1.72. The first-order valence-electron chi connectivity index (χ1n) is 9.96. The molecule has 1 fully saturated rings. The molecule has 1 saturated heterocycles. The molecule has 2 aromatic rings. The standard InChI is InChI=1S/C21H28FN5O3S/c1-24(2)31(29,30)27(20-7-5-4-6-19(20)22)16-21(28)23-17-8-10-18(11-9-17)26-14-12-25(3)13-15-26/h4-11H,12-16H2,1-3H3,(H,23,28). The van der Waals surface area contributed by atoms with Crippen molar-refractivity contribution in [2.75, 3.05) is 68.4 Å². The Kier molecular flexibility index (Phi) is 7.14. The molecule has 1 aliphatic rings. The smallest absolute Gasteiger partial charge is 0.304 e. The third-order valence-electron chi connectivity index (χ3n) is 5.17. The van der Waals surface area contributed by atoms with Crippen molar-refractivity contribution in [2.24, 2.45) is 0 Å². The highest BCUT2D eigenvalue weighted by Crippen LogP contribution is 2.23.